The molecule has 0 radical (unpaired) electrons. The van der Waals surface area contributed by atoms with Gasteiger partial charge in [0, 0.05) is 16.2 Å². The number of aryl methyl sites for hydroxylation is 1. The van der Waals surface area contributed by atoms with Crippen LogP contribution in [0.1, 0.15) is 16.1 Å². The number of carbonyl (C=O) groups is 1. The van der Waals surface area contributed by atoms with Gasteiger partial charge in [0.1, 0.15) is 0 Å². The minimum absolute atomic E-state index is 0.0519. The molecule has 0 aliphatic carbocycles. The summed E-state index contributed by atoms with van der Waals surface area (Å²) >= 11 is 9.19. The van der Waals surface area contributed by atoms with Gasteiger partial charge in [0.05, 0.1) is 10.7 Å². The lowest BCUT2D eigenvalue weighted by atomic mass is 10.3. The zero-order valence-corrected chi connectivity index (χ0v) is 11.2. The number of nitrogens with zero attached hydrogens (tertiary/aromatic N) is 2. The first-order chi connectivity index (χ1) is 7.99. The van der Waals surface area contributed by atoms with E-state index in [9.17, 15) is 4.79 Å². The van der Waals surface area contributed by atoms with E-state index < -0.39 is 5.97 Å². The maximum absolute atomic E-state index is 10.9. The number of hydrogen-bond donors (Lipinski definition) is 1. The molecule has 0 atom stereocenters. The molecule has 0 unspecified atom stereocenters. The van der Waals surface area contributed by atoms with Crippen LogP contribution in [0.15, 0.2) is 28.9 Å². The SMILES string of the molecule is Cc1cn(-c2ccc(Cl)c(Br)c2)nc1C(=O)O. The summed E-state index contributed by atoms with van der Waals surface area (Å²) in [6.45, 7) is 1.71. The van der Waals surface area contributed by atoms with Crippen molar-refractivity contribution in [1.29, 1.82) is 0 Å². The first-order valence-electron chi connectivity index (χ1n) is 4.74. The Labute approximate surface area is 111 Å². The van der Waals surface area contributed by atoms with E-state index in [0.29, 0.717) is 10.6 Å². The normalized spacial score (nSPS) is 10.5. The van der Waals surface area contributed by atoms with Crippen LogP contribution in [0.2, 0.25) is 5.02 Å². The van der Waals surface area contributed by atoms with Crippen molar-refractivity contribution >= 4 is 33.5 Å². The zero-order valence-electron chi connectivity index (χ0n) is 8.82. The van der Waals surface area contributed by atoms with Crippen molar-refractivity contribution in [2.24, 2.45) is 0 Å². The van der Waals surface area contributed by atoms with Crippen LogP contribution in [0.4, 0.5) is 0 Å². The Morgan fingerprint density at radius 1 is 1.53 bits per heavy atom. The first-order valence-corrected chi connectivity index (χ1v) is 5.91. The smallest absolute Gasteiger partial charge is 0.356 e. The molecule has 0 amide bonds. The second-order valence-electron chi connectivity index (χ2n) is 3.51. The Morgan fingerprint density at radius 2 is 2.24 bits per heavy atom. The Balaban J connectivity index is 2.50. The van der Waals surface area contributed by atoms with Gasteiger partial charge >= 0.3 is 5.97 Å². The van der Waals surface area contributed by atoms with Gasteiger partial charge in [-0.25, -0.2) is 9.48 Å². The number of rotatable bonds is 2. The van der Waals surface area contributed by atoms with E-state index in [4.69, 9.17) is 16.7 Å². The van der Waals surface area contributed by atoms with Crippen molar-refractivity contribution in [3.8, 4) is 5.69 Å². The quantitative estimate of drug-likeness (QED) is 0.925. The molecule has 4 nitrogen and oxygen atoms in total. The predicted octanol–water partition coefficient (Wildman–Crippen LogP) is 3.29. The van der Waals surface area contributed by atoms with Gasteiger partial charge in [-0.3, -0.25) is 0 Å². The Kier molecular flexibility index (Phi) is 3.22. The topological polar surface area (TPSA) is 55.1 Å². The van der Waals surface area contributed by atoms with Crippen LogP contribution < -0.4 is 0 Å². The van der Waals surface area contributed by atoms with E-state index in [-0.39, 0.29) is 5.69 Å². The van der Waals surface area contributed by atoms with E-state index in [2.05, 4.69) is 21.0 Å². The number of halogens is 2. The number of aromatic nitrogens is 2. The zero-order chi connectivity index (χ0) is 12.6. The molecule has 6 heteroatoms. The fraction of sp³-hybridized carbons (Fsp3) is 0.0909. The van der Waals surface area contributed by atoms with Crippen LogP contribution in [-0.4, -0.2) is 20.9 Å². The van der Waals surface area contributed by atoms with Gasteiger partial charge in [0.2, 0.25) is 0 Å². The fourth-order valence-corrected chi connectivity index (χ4v) is 1.92. The molecule has 0 saturated carbocycles. The van der Waals surface area contributed by atoms with Crippen molar-refractivity contribution in [2.45, 2.75) is 6.92 Å². The third-order valence-corrected chi connectivity index (χ3v) is 3.48. The molecule has 1 N–H and O–H groups in total. The molecule has 0 aliphatic rings. The van der Waals surface area contributed by atoms with Crippen molar-refractivity contribution in [3.05, 3.63) is 45.1 Å². The summed E-state index contributed by atoms with van der Waals surface area (Å²) in [4.78, 5) is 10.9. The summed E-state index contributed by atoms with van der Waals surface area (Å²) in [5, 5.41) is 13.5. The maximum atomic E-state index is 10.9. The number of carboxylic acids is 1. The number of hydrogen-bond acceptors (Lipinski definition) is 2. The van der Waals surface area contributed by atoms with Gasteiger partial charge in [-0.1, -0.05) is 11.6 Å². The van der Waals surface area contributed by atoms with Gasteiger partial charge in [0.15, 0.2) is 5.69 Å². The van der Waals surface area contributed by atoms with Crippen molar-refractivity contribution < 1.29 is 9.90 Å². The van der Waals surface area contributed by atoms with Gasteiger partial charge < -0.3 is 5.11 Å². The summed E-state index contributed by atoms with van der Waals surface area (Å²) in [7, 11) is 0. The third kappa shape index (κ3) is 2.35. The van der Waals surface area contributed by atoms with Crippen LogP contribution >= 0.6 is 27.5 Å². The van der Waals surface area contributed by atoms with Crippen LogP contribution in [0.25, 0.3) is 5.69 Å². The van der Waals surface area contributed by atoms with Crippen LogP contribution in [0.5, 0.6) is 0 Å². The van der Waals surface area contributed by atoms with E-state index in [1.165, 1.54) is 4.68 Å². The molecule has 1 aromatic carbocycles. The number of benzene rings is 1. The fourth-order valence-electron chi connectivity index (χ4n) is 1.43. The molecule has 0 fully saturated rings. The minimum Gasteiger partial charge on any atom is -0.476 e. The van der Waals surface area contributed by atoms with Crippen LogP contribution in [0, 0.1) is 6.92 Å². The van der Waals surface area contributed by atoms with Crippen molar-refractivity contribution in [3.63, 3.8) is 0 Å². The Hall–Kier alpha value is -1.33. The standard InChI is InChI=1S/C11H8BrClN2O2/c1-6-5-15(14-10(6)11(16)17)7-2-3-9(13)8(12)4-7/h2-5H,1H3,(H,16,17). The molecule has 17 heavy (non-hydrogen) atoms. The minimum atomic E-state index is -1.03. The highest BCUT2D eigenvalue weighted by molar-refractivity contribution is 9.10. The molecule has 1 aromatic heterocycles. The molecular weight excluding hydrogens is 307 g/mol. The summed E-state index contributed by atoms with van der Waals surface area (Å²) in [6.07, 6.45) is 1.67. The van der Waals surface area contributed by atoms with Gasteiger partial charge in [-0.2, -0.15) is 5.10 Å². The first kappa shape index (κ1) is 12.1. The summed E-state index contributed by atoms with van der Waals surface area (Å²) in [5.41, 5.74) is 1.41. The summed E-state index contributed by atoms with van der Waals surface area (Å²) in [5.74, 6) is -1.03. The molecule has 0 bridgehead atoms. The number of carboxylic acid groups (broad SMARTS) is 1. The third-order valence-electron chi connectivity index (χ3n) is 2.27. The molecule has 0 saturated heterocycles. The highest BCUT2D eigenvalue weighted by Crippen LogP contribution is 2.25. The highest BCUT2D eigenvalue weighted by atomic mass is 79.9. The molecule has 2 aromatic rings. The average Bonchev–Trinajstić information content (AvgIpc) is 2.64. The molecule has 0 aliphatic heterocycles. The molecular formula is C11H8BrClN2O2. The monoisotopic (exact) mass is 314 g/mol. The molecule has 2 rings (SSSR count). The largest absolute Gasteiger partial charge is 0.476 e. The van der Waals surface area contributed by atoms with Crippen molar-refractivity contribution in [1.82, 2.24) is 9.78 Å². The van der Waals surface area contributed by atoms with Crippen molar-refractivity contribution in [2.75, 3.05) is 0 Å². The second-order valence-corrected chi connectivity index (χ2v) is 4.77. The van der Waals surface area contributed by atoms with Gasteiger partial charge in [-0.15, -0.1) is 0 Å². The van der Waals surface area contributed by atoms with Gasteiger partial charge in [-0.05, 0) is 41.1 Å². The molecule has 1 heterocycles. The van der Waals surface area contributed by atoms with E-state index in [0.717, 1.165) is 10.2 Å². The summed E-state index contributed by atoms with van der Waals surface area (Å²) < 4.78 is 2.25. The van der Waals surface area contributed by atoms with Crippen LogP contribution in [-0.2, 0) is 0 Å². The predicted molar refractivity (Wildman–Crippen MR) is 68.0 cm³/mol. The van der Waals surface area contributed by atoms with E-state index in [1.54, 1.807) is 31.3 Å². The molecule has 88 valence electrons. The highest BCUT2D eigenvalue weighted by Gasteiger charge is 2.13. The van der Waals surface area contributed by atoms with Gasteiger partial charge in [0.25, 0.3) is 0 Å². The Morgan fingerprint density at radius 3 is 2.76 bits per heavy atom. The lowest BCUT2D eigenvalue weighted by molar-refractivity contribution is 0.0689. The second kappa shape index (κ2) is 4.50. The van der Waals surface area contributed by atoms with E-state index >= 15 is 0 Å². The molecule has 0 spiro atoms. The Bertz CT molecular complexity index is 595. The lowest BCUT2D eigenvalue weighted by Gasteiger charge is -2.02. The lowest BCUT2D eigenvalue weighted by Crippen LogP contribution is -2.01. The van der Waals surface area contributed by atoms with Crippen LogP contribution in [0.3, 0.4) is 0 Å². The average molecular weight is 316 g/mol. The summed E-state index contributed by atoms with van der Waals surface area (Å²) in [6, 6.07) is 5.27. The maximum Gasteiger partial charge on any atom is 0.356 e. The van der Waals surface area contributed by atoms with E-state index in [1.807, 2.05) is 0 Å². The number of aromatic carboxylic acids is 1.